The Morgan fingerprint density at radius 2 is 2.06 bits per heavy atom. The molecule has 3 aromatic rings. The number of carbonyl (C=O) groups excluding carboxylic acids is 1. The van der Waals surface area contributed by atoms with Gasteiger partial charge in [-0.2, -0.15) is 15.1 Å². The van der Waals surface area contributed by atoms with Gasteiger partial charge in [-0.1, -0.05) is 18.2 Å². The summed E-state index contributed by atoms with van der Waals surface area (Å²) in [6, 6.07) is 15.1. The quantitative estimate of drug-likeness (QED) is 0.368. The third-order valence-corrected chi connectivity index (χ3v) is 5.11. The Kier molecular flexibility index (Phi) is 7.96. The number of pyridine rings is 1. The molecule has 0 atom stereocenters. The summed E-state index contributed by atoms with van der Waals surface area (Å²) < 4.78 is 11.3. The molecule has 10 heteroatoms. The molecule has 34 heavy (non-hydrogen) atoms. The molecule has 2 N–H and O–H groups in total. The van der Waals surface area contributed by atoms with Gasteiger partial charge in [0.25, 0.3) is 5.91 Å². The van der Waals surface area contributed by atoms with E-state index in [4.69, 9.17) is 9.47 Å². The number of rotatable bonds is 9. The zero-order valence-corrected chi connectivity index (χ0v) is 19.0. The second kappa shape index (κ2) is 11.7. The zero-order chi connectivity index (χ0) is 23.6. The number of morpholine rings is 1. The number of benzene rings is 1. The van der Waals surface area contributed by atoms with Gasteiger partial charge in [0, 0.05) is 50.1 Å². The Balaban J connectivity index is 1.47. The van der Waals surface area contributed by atoms with Crippen molar-refractivity contribution in [3.05, 3.63) is 71.5 Å². The molecule has 0 radical (unpaired) electrons. The number of aromatic nitrogens is 3. The van der Waals surface area contributed by atoms with Gasteiger partial charge in [-0.05, 0) is 29.8 Å². The highest BCUT2D eigenvalue weighted by molar-refractivity contribution is 5.95. The van der Waals surface area contributed by atoms with E-state index in [0.717, 1.165) is 30.2 Å². The summed E-state index contributed by atoms with van der Waals surface area (Å²) >= 11 is 0. The van der Waals surface area contributed by atoms with Crippen molar-refractivity contribution < 1.29 is 14.3 Å². The maximum atomic E-state index is 11.8. The molecule has 1 aromatic carbocycles. The minimum absolute atomic E-state index is 0.151. The predicted molar refractivity (Wildman–Crippen MR) is 130 cm³/mol. The second-order valence-corrected chi connectivity index (χ2v) is 7.49. The molecule has 1 fully saturated rings. The fourth-order valence-corrected chi connectivity index (χ4v) is 3.36. The van der Waals surface area contributed by atoms with Gasteiger partial charge in [0.1, 0.15) is 5.82 Å². The number of nitrogens with zero attached hydrogens (tertiary/aromatic N) is 5. The fraction of sp³-hybridized carbons (Fsp3) is 0.292. The highest BCUT2D eigenvalue weighted by atomic mass is 16.5. The molecule has 176 valence electrons. The second-order valence-electron chi connectivity index (χ2n) is 7.49. The largest absolute Gasteiger partial charge is 0.463 e. The molecule has 0 unspecified atom stereocenters. The molecule has 3 heterocycles. The standard InChI is InChI=1S/C24H27N7O3/c1-25-23(32)19-6-4-5-18(15-19)17-27-30-21-16-22(31-10-13-33-14-11-31)29-24(28-21)34-12-8-20-7-2-3-9-26-20/h2-7,9,15-17H,8,10-14H2,1H3,(H,25,32)(H,28,29,30)/b27-17+. The molecule has 1 aliphatic heterocycles. The van der Waals surface area contributed by atoms with Crippen LogP contribution in [0.1, 0.15) is 21.6 Å². The third kappa shape index (κ3) is 6.48. The molecular weight excluding hydrogens is 434 g/mol. The lowest BCUT2D eigenvalue weighted by atomic mass is 10.1. The van der Waals surface area contributed by atoms with Crippen molar-refractivity contribution >= 4 is 23.8 Å². The van der Waals surface area contributed by atoms with Crippen LogP contribution < -0.4 is 20.4 Å². The molecular formula is C24H27N7O3. The van der Waals surface area contributed by atoms with Crippen molar-refractivity contribution in [2.24, 2.45) is 5.10 Å². The lowest BCUT2D eigenvalue weighted by Gasteiger charge is -2.28. The van der Waals surface area contributed by atoms with E-state index in [2.05, 4.69) is 35.7 Å². The monoisotopic (exact) mass is 461 g/mol. The number of hydrogen-bond donors (Lipinski definition) is 2. The number of anilines is 2. The van der Waals surface area contributed by atoms with Gasteiger partial charge in [-0.15, -0.1) is 0 Å². The first-order valence-corrected chi connectivity index (χ1v) is 11.1. The van der Waals surface area contributed by atoms with E-state index < -0.39 is 0 Å². The normalized spacial score (nSPS) is 13.6. The molecule has 2 aromatic heterocycles. The molecule has 10 nitrogen and oxygen atoms in total. The first kappa shape index (κ1) is 23.1. The Hall–Kier alpha value is -4.05. The number of nitrogens with one attached hydrogen (secondary N) is 2. The van der Waals surface area contributed by atoms with E-state index in [1.54, 1.807) is 37.7 Å². The van der Waals surface area contributed by atoms with Gasteiger partial charge >= 0.3 is 6.01 Å². The minimum Gasteiger partial charge on any atom is -0.463 e. The van der Waals surface area contributed by atoms with E-state index in [9.17, 15) is 4.79 Å². The van der Waals surface area contributed by atoms with Crippen LogP contribution in [-0.4, -0.2) is 67.0 Å². The molecule has 0 spiro atoms. The van der Waals surface area contributed by atoms with E-state index in [0.29, 0.717) is 37.6 Å². The Labute approximate surface area is 198 Å². The molecule has 1 amide bonds. The van der Waals surface area contributed by atoms with Crippen molar-refractivity contribution in [2.45, 2.75) is 6.42 Å². The first-order chi connectivity index (χ1) is 16.7. The van der Waals surface area contributed by atoms with Crippen molar-refractivity contribution in [3.8, 4) is 6.01 Å². The van der Waals surface area contributed by atoms with Crippen LogP contribution in [0.5, 0.6) is 6.01 Å². The van der Waals surface area contributed by atoms with E-state index in [1.807, 2.05) is 30.3 Å². The molecule has 1 aliphatic rings. The maximum absolute atomic E-state index is 11.8. The fourth-order valence-electron chi connectivity index (χ4n) is 3.36. The summed E-state index contributed by atoms with van der Waals surface area (Å²) in [5.41, 5.74) is 5.23. The lowest BCUT2D eigenvalue weighted by Crippen LogP contribution is -2.36. The molecule has 0 aliphatic carbocycles. The summed E-state index contributed by atoms with van der Waals surface area (Å²) in [5.74, 6) is 1.09. The smallest absolute Gasteiger partial charge is 0.320 e. The van der Waals surface area contributed by atoms with Crippen molar-refractivity contribution in [1.82, 2.24) is 20.3 Å². The van der Waals surface area contributed by atoms with Crippen LogP contribution >= 0.6 is 0 Å². The average Bonchev–Trinajstić information content (AvgIpc) is 2.89. The number of amides is 1. The maximum Gasteiger partial charge on any atom is 0.320 e. The molecule has 1 saturated heterocycles. The van der Waals surface area contributed by atoms with E-state index in [1.165, 1.54) is 0 Å². The van der Waals surface area contributed by atoms with Crippen LogP contribution in [0.4, 0.5) is 11.6 Å². The van der Waals surface area contributed by atoms with E-state index >= 15 is 0 Å². The first-order valence-electron chi connectivity index (χ1n) is 11.1. The van der Waals surface area contributed by atoms with Gasteiger partial charge in [0.05, 0.1) is 26.0 Å². The molecule has 4 rings (SSSR count). The van der Waals surface area contributed by atoms with Crippen LogP contribution in [0, 0.1) is 0 Å². The SMILES string of the molecule is CNC(=O)c1cccc(/C=N/Nc2cc(N3CCOCC3)nc(OCCc3ccccn3)n2)c1. The summed E-state index contributed by atoms with van der Waals surface area (Å²) in [6.45, 7) is 3.16. The summed E-state index contributed by atoms with van der Waals surface area (Å²) in [6.07, 6.45) is 4.04. The average molecular weight is 462 g/mol. The summed E-state index contributed by atoms with van der Waals surface area (Å²) in [5, 5.41) is 6.90. The van der Waals surface area contributed by atoms with Crippen LogP contribution in [0.2, 0.25) is 0 Å². The van der Waals surface area contributed by atoms with Crippen LogP contribution in [0.3, 0.4) is 0 Å². The van der Waals surface area contributed by atoms with Gasteiger partial charge in [0.2, 0.25) is 0 Å². The van der Waals surface area contributed by atoms with Gasteiger partial charge in [-0.25, -0.2) is 0 Å². The molecule has 0 saturated carbocycles. The topological polar surface area (TPSA) is 114 Å². The number of hydrazone groups is 1. The Bertz CT molecular complexity index is 1120. The van der Waals surface area contributed by atoms with Crippen molar-refractivity contribution in [3.63, 3.8) is 0 Å². The van der Waals surface area contributed by atoms with Crippen LogP contribution in [0.25, 0.3) is 0 Å². The van der Waals surface area contributed by atoms with Gasteiger partial charge < -0.3 is 19.7 Å². The number of carbonyl (C=O) groups is 1. The predicted octanol–water partition coefficient (Wildman–Crippen LogP) is 2.14. The van der Waals surface area contributed by atoms with Gasteiger partial charge in [-0.3, -0.25) is 15.2 Å². The Morgan fingerprint density at radius 1 is 1.18 bits per heavy atom. The summed E-state index contributed by atoms with van der Waals surface area (Å²) in [4.78, 5) is 27.3. The lowest BCUT2D eigenvalue weighted by molar-refractivity contribution is 0.0963. The highest BCUT2D eigenvalue weighted by Crippen LogP contribution is 2.21. The highest BCUT2D eigenvalue weighted by Gasteiger charge is 2.15. The van der Waals surface area contributed by atoms with Crippen LogP contribution in [-0.2, 0) is 11.2 Å². The third-order valence-electron chi connectivity index (χ3n) is 5.11. The number of ether oxygens (including phenoxy) is 2. The van der Waals surface area contributed by atoms with Crippen molar-refractivity contribution in [1.29, 1.82) is 0 Å². The van der Waals surface area contributed by atoms with E-state index in [-0.39, 0.29) is 11.9 Å². The zero-order valence-electron chi connectivity index (χ0n) is 19.0. The van der Waals surface area contributed by atoms with Crippen LogP contribution in [0.15, 0.2) is 59.8 Å². The minimum atomic E-state index is -0.151. The molecule has 0 bridgehead atoms. The Morgan fingerprint density at radius 3 is 2.85 bits per heavy atom. The van der Waals surface area contributed by atoms with Gasteiger partial charge in [0.15, 0.2) is 5.82 Å². The summed E-state index contributed by atoms with van der Waals surface area (Å²) in [7, 11) is 1.60. The van der Waals surface area contributed by atoms with Crippen molar-refractivity contribution in [2.75, 3.05) is 50.3 Å². The number of hydrogen-bond acceptors (Lipinski definition) is 9.